The maximum Gasteiger partial charge on any atom is 0.251 e. The smallest absolute Gasteiger partial charge is 0.251 e. The number of nitrogens with zero attached hydrogens (tertiary/aromatic N) is 3. The second kappa shape index (κ2) is 8.26. The average molecular weight is 327 g/mol. The molecule has 2 heterocycles. The number of benzene rings is 1. The van der Waals surface area contributed by atoms with Crippen LogP contribution in [0.3, 0.4) is 0 Å². The Morgan fingerprint density at radius 2 is 1.92 bits per heavy atom. The number of anilines is 2. The van der Waals surface area contributed by atoms with E-state index in [1.807, 2.05) is 24.3 Å². The van der Waals surface area contributed by atoms with Crippen molar-refractivity contribution in [3.63, 3.8) is 0 Å². The molecule has 0 saturated carbocycles. The number of carbonyl (C=O) groups excluding carboxylic acids is 1. The van der Waals surface area contributed by atoms with Crippen LogP contribution in [0, 0.1) is 0 Å². The number of carbonyl (C=O) groups is 1. The van der Waals surface area contributed by atoms with Gasteiger partial charge in [0.1, 0.15) is 18.0 Å². The molecule has 7 nitrogen and oxygen atoms in total. The first kappa shape index (κ1) is 16.2. The van der Waals surface area contributed by atoms with Crippen molar-refractivity contribution in [2.24, 2.45) is 0 Å². The van der Waals surface area contributed by atoms with Crippen molar-refractivity contribution in [3.05, 3.63) is 48.3 Å². The summed E-state index contributed by atoms with van der Waals surface area (Å²) in [6.07, 6.45) is 1.55. The Bertz CT molecular complexity index is 659. The molecule has 1 aromatic carbocycles. The molecule has 1 aliphatic heterocycles. The van der Waals surface area contributed by atoms with Gasteiger partial charge in [-0.25, -0.2) is 9.97 Å². The lowest BCUT2D eigenvalue weighted by atomic mass is 10.2. The van der Waals surface area contributed by atoms with Crippen LogP contribution in [0.2, 0.25) is 0 Å². The van der Waals surface area contributed by atoms with Crippen molar-refractivity contribution < 1.29 is 9.53 Å². The second-order valence-electron chi connectivity index (χ2n) is 5.41. The van der Waals surface area contributed by atoms with Crippen LogP contribution >= 0.6 is 0 Å². The maximum absolute atomic E-state index is 11.9. The molecule has 2 aromatic rings. The number of morpholine rings is 1. The maximum atomic E-state index is 11.9. The Morgan fingerprint density at radius 1 is 1.12 bits per heavy atom. The Labute approximate surface area is 141 Å². The van der Waals surface area contributed by atoms with Gasteiger partial charge in [-0.2, -0.15) is 0 Å². The van der Waals surface area contributed by atoms with Gasteiger partial charge in [0.05, 0.1) is 13.2 Å². The predicted octanol–water partition coefficient (Wildman–Crippen LogP) is 1.16. The Hall–Kier alpha value is -2.67. The van der Waals surface area contributed by atoms with Gasteiger partial charge in [-0.3, -0.25) is 4.79 Å². The highest BCUT2D eigenvalue weighted by Crippen LogP contribution is 2.15. The van der Waals surface area contributed by atoms with E-state index in [9.17, 15) is 4.79 Å². The molecular weight excluding hydrogens is 306 g/mol. The molecule has 3 rings (SSSR count). The molecule has 1 amide bonds. The van der Waals surface area contributed by atoms with Gasteiger partial charge < -0.3 is 20.3 Å². The SMILES string of the molecule is O=C(NCCNc1cc(N2CCOCC2)ncn1)c1ccccc1. The fraction of sp³-hybridized carbons (Fsp3) is 0.353. The summed E-state index contributed by atoms with van der Waals surface area (Å²) < 4.78 is 5.35. The van der Waals surface area contributed by atoms with Crippen LogP contribution in [0.25, 0.3) is 0 Å². The molecule has 1 saturated heterocycles. The van der Waals surface area contributed by atoms with Gasteiger partial charge >= 0.3 is 0 Å². The lowest BCUT2D eigenvalue weighted by molar-refractivity contribution is 0.0955. The first-order chi connectivity index (χ1) is 11.8. The molecule has 24 heavy (non-hydrogen) atoms. The van der Waals surface area contributed by atoms with Crippen LogP contribution in [0.1, 0.15) is 10.4 Å². The highest BCUT2D eigenvalue weighted by Gasteiger charge is 2.12. The summed E-state index contributed by atoms with van der Waals surface area (Å²) in [6, 6.07) is 11.1. The zero-order chi connectivity index (χ0) is 16.6. The van der Waals surface area contributed by atoms with E-state index in [0.717, 1.165) is 37.9 Å². The second-order valence-corrected chi connectivity index (χ2v) is 5.41. The van der Waals surface area contributed by atoms with Gasteiger partial charge in [0.25, 0.3) is 5.91 Å². The van der Waals surface area contributed by atoms with E-state index in [-0.39, 0.29) is 5.91 Å². The number of ether oxygens (including phenoxy) is 1. The van der Waals surface area contributed by atoms with Gasteiger partial charge in [0, 0.05) is 37.8 Å². The van der Waals surface area contributed by atoms with Crippen LogP contribution in [0.5, 0.6) is 0 Å². The van der Waals surface area contributed by atoms with E-state index in [1.54, 1.807) is 18.5 Å². The average Bonchev–Trinajstić information content (AvgIpc) is 2.67. The van der Waals surface area contributed by atoms with E-state index >= 15 is 0 Å². The number of amides is 1. The van der Waals surface area contributed by atoms with Crippen LogP contribution in [-0.2, 0) is 4.74 Å². The molecular formula is C17H21N5O2. The molecule has 0 unspecified atom stereocenters. The largest absolute Gasteiger partial charge is 0.378 e. The molecule has 1 fully saturated rings. The van der Waals surface area contributed by atoms with Crippen molar-refractivity contribution in [1.82, 2.24) is 15.3 Å². The van der Waals surface area contributed by atoms with E-state index in [2.05, 4.69) is 25.5 Å². The summed E-state index contributed by atoms with van der Waals surface area (Å²) in [4.78, 5) is 22.6. The minimum Gasteiger partial charge on any atom is -0.378 e. The highest BCUT2D eigenvalue weighted by atomic mass is 16.5. The number of aromatic nitrogens is 2. The third-order valence-electron chi connectivity index (χ3n) is 3.74. The van der Waals surface area contributed by atoms with Crippen LogP contribution in [0.15, 0.2) is 42.7 Å². The van der Waals surface area contributed by atoms with Crippen LogP contribution in [-0.4, -0.2) is 55.3 Å². The van der Waals surface area contributed by atoms with Gasteiger partial charge in [0.2, 0.25) is 0 Å². The van der Waals surface area contributed by atoms with Gasteiger partial charge in [-0.15, -0.1) is 0 Å². The first-order valence-electron chi connectivity index (χ1n) is 8.05. The quantitative estimate of drug-likeness (QED) is 0.775. The number of rotatable bonds is 6. The normalized spacial score (nSPS) is 14.2. The fourth-order valence-corrected chi connectivity index (χ4v) is 2.47. The number of nitrogens with one attached hydrogen (secondary N) is 2. The zero-order valence-corrected chi connectivity index (χ0v) is 13.4. The van der Waals surface area contributed by atoms with Gasteiger partial charge in [0.15, 0.2) is 0 Å². The molecule has 0 radical (unpaired) electrons. The lowest BCUT2D eigenvalue weighted by Crippen LogP contribution is -2.36. The van der Waals surface area contributed by atoms with E-state index in [1.165, 1.54) is 0 Å². The fourth-order valence-electron chi connectivity index (χ4n) is 2.47. The van der Waals surface area contributed by atoms with Gasteiger partial charge in [-0.1, -0.05) is 18.2 Å². The van der Waals surface area contributed by atoms with Crippen LogP contribution < -0.4 is 15.5 Å². The van der Waals surface area contributed by atoms with Crippen molar-refractivity contribution in [3.8, 4) is 0 Å². The monoisotopic (exact) mass is 327 g/mol. The first-order valence-corrected chi connectivity index (χ1v) is 8.05. The third-order valence-corrected chi connectivity index (χ3v) is 3.74. The summed E-state index contributed by atoms with van der Waals surface area (Å²) in [5.74, 6) is 1.57. The summed E-state index contributed by atoms with van der Waals surface area (Å²) in [5.41, 5.74) is 0.661. The minimum absolute atomic E-state index is 0.0749. The van der Waals surface area contributed by atoms with E-state index in [0.29, 0.717) is 18.7 Å². The molecule has 0 spiro atoms. The van der Waals surface area contributed by atoms with Crippen molar-refractivity contribution in [1.29, 1.82) is 0 Å². The molecule has 126 valence electrons. The number of hydrogen-bond acceptors (Lipinski definition) is 6. The highest BCUT2D eigenvalue weighted by molar-refractivity contribution is 5.94. The molecule has 0 bridgehead atoms. The van der Waals surface area contributed by atoms with Crippen molar-refractivity contribution in [2.75, 3.05) is 49.6 Å². The molecule has 7 heteroatoms. The Balaban J connectivity index is 1.46. The lowest BCUT2D eigenvalue weighted by Gasteiger charge is -2.27. The molecule has 0 atom stereocenters. The van der Waals surface area contributed by atoms with E-state index < -0.39 is 0 Å². The van der Waals surface area contributed by atoms with Crippen molar-refractivity contribution in [2.45, 2.75) is 0 Å². The predicted molar refractivity (Wildman–Crippen MR) is 92.3 cm³/mol. The minimum atomic E-state index is -0.0749. The molecule has 0 aliphatic carbocycles. The molecule has 1 aliphatic rings. The third kappa shape index (κ3) is 4.42. The molecule has 1 aromatic heterocycles. The van der Waals surface area contributed by atoms with Crippen LogP contribution in [0.4, 0.5) is 11.6 Å². The summed E-state index contributed by atoms with van der Waals surface area (Å²) in [5, 5.41) is 6.08. The summed E-state index contributed by atoms with van der Waals surface area (Å²) in [7, 11) is 0. The Kier molecular flexibility index (Phi) is 5.57. The van der Waals surface area contributed by atoms with E-state index in [4.69, 9.17) is 4.74 Å². The number of hydrogen-bond donors (Lipinski definition) is 2. The summed E-state index contributed by atoms with van der Waals surface area (Å²) >= 11 is 0. The summed E-state index contributed by atoms with van der Waals surface area (Å²) in [6.45, 7) is 4.23. The zero-order valence-electron chi connectivity index (χ0n) is 13.4. The standard InChI is InChI=1S/C17H21N5O2/c23-17(14-4-2-1-3-5-14)19-7-6-18-15-12-16(21-13-20-15)22-8-10-24-11-9-22/h1-5,12-13H,6-11H2,(H,19,23)(H,18,20,21). The van der Waals surface area contributed by atoms with Crippen molar-refractivity contribution >= 4 is 17.5 Å². The Morgan fingerprint density at radius 3 is 2.71 bits per heavy atom. The van der Waals surface area contributed by atoms with Gasteiger partial charge in [-0.05, 0) is 12.1 Å². The topological polar surface area (TPSA) is 79.4 Å². The molecule has 2 N–H and O–H groups in total.